The lowest BCUT2D eigenvalue weighted by Gasteiger charge is -2.32. The van der Waals surface area contributed by atoms with Crippen molar-refractivity contribution < 1.29 is 37.0 Å². The molecule has 1 saturated heterocycles. The number of carbonyl (C=O) groups is 2. The number of nitrogens with zero attached hydrogens (tertiary/aromatic N) is 1. The Bertz CT molecular complexity index is 938. The zero-order chi connectivity index (χ0) is 23.8. The second-order valence-corrected chi connectivity index (χ2v) is 7.81. The van der Waals surface area contributed by atoms with Gasteiger partial charge in [-0.15, -0.1) is 13.2 Å². The summed E-state index contributed by atoms with van der Waals surface area (Å²) in [4.78, 5) is 25.4. The summed E-state index contributed by atoms with van der Waals surface area (Å²) in [5, 5.41) is 0. The molecular weight excluding hydrogens is 439 g/mol. The largest absolute Gasteiger partial charge is 0.573 e. The first-order valence-corrected chi connectivity index (χ1v) is 10.7. The van der Waals surface area contributed by atoms with Crippen LogP contribution in [0.3, 0.4) is 0 Å². The van der Waals surface area contributed by atoms with Crippen LogP contribution in [0.1, 0.15) is 43.0 Å². The van der Waals surface area contributed by atoms with Crippen molar-refractivity contribution >= 4 is 11.7 Å². The molecule has 1 aliphatic heterocycles. The molecule has 2 aromatic carbocycles. The van der Waals surface area contributed by atoms with Gasteiger partial charge in [0.2, 0.25) is 0 Å². The standard InChI is InChI=1S/C24H26F3NO5/c1-17(29)4-3-15-31-19-9-7-18(8-10-19)23(30)28-13-11-20(12-14-28)32-21-5-2-6-22(16-21)33-24(25,26)27/h2,5-10,16,20H,3-4,11-15H2,1H3. The summed E-state index contributed by atoms with van der Waals surface area (Å²) in [7, 11) is 0. The van der Waals surface area contributed by atoms with E-state index < -0.39 is 6.36 Å². The highest BCUT2D eigenvalue weighted by molar-refractivity contribution is 5.94. The third-order valence-corrected chi connectivity index (χ3v) is 5.11. The number of piperidine rings is 1. The summed E-state index contributed by atoms with van der Waals surface area (Å²) < 4.78 is 52.5. The summed E-state index contributed by atoms with van der Waals surface area (Å²) in [5.41, 5.74) is 0.544. The molecule has 0 atom stereocenters. The summed E-state index contributed by atoms with van der Waals surface area (Å²) in [6.45, 7) is 2.93. The van der Waals surface area contributed by atoms with Gasteiger partial charge in [0, 0.05) is 44.0 Å². The molecule has 2 aromatic rings. The first-order chi connectivity index (χ1) is 15.7. The van der Waals surface area contributed by atoms with Gasteiger partial charge in [-0.3, -0.25) is 4.79 Å². The Morgan fingerprint density at radius 2 is 1.67 bits per heavy atom. The molecule has 1 amide bonds. The van der Waals surface area contributed by atoms with Crippen molar-refractivity contribution in [2.24, 2.45) is 0 Å². The number of alkyl halides is 3. The molecule has 1 fully saturated rings. The van der Waals surface area contributed by atoms with E-state index in [-0.39, 0.29) is 23.5 Å². The van der Waals surface area contributed by atoms with Gasteiger partial charge in [0.15, 0.2) is 0 Å². The Morgan fingerprint density at radius 3 is 2.30 bits per heavy atom. The van der Waals surface area contributed by atoms with Crippen molar-refractivity contribution in [2.75, 3.05) is 19.7 Å². The van der Waals surface area contributed by atoms with E-state index in [0.29, 0.717) is 62.4 Å². The Balaban J connectivity index is 1.46. The monoisotopic (exact) mass is 465 g/mol. The molecule has 178 valence electrons. The van der Waals surface area contributed by atoms with Crippen LogP contribution in [0, 0.1) is 0 Å². The third kappa shape index (κ3) is 8.00. The van der Waals surface area contributed by atoms with Crippen molar-refractivity contribution in [1.82, 2.24) is 4.90 Å². The number of rotatable bonds is 9. The van der Waals surface area contributed by atoms with Crippen LogP contribution in [0.15, 0.2) is 48.5 Å². The Kier molecular flexibility index (Phi) is 8.19. The highest BCUT2D eigenvalue weighted by Gasteiger charge is 2.31. The zero-order valence-electron chi connectivity index (χ0n) is 18.3. The molecule has 0 N–H and O–H groups in total. The summed E-state index contributed by atoms with van der Waals surface area (Å²) in [6, 6.07) is 12.3. The van der Waals surface area contributed by atoms with Gasteiger partial charge in [-0.2, -0.15) is 0 Å². The smallest absolute Gasteiger partial charge is 0.494 e. The molecule has 0 aliphatic carbocycles. The van der Waals surface area contributed by atoms with Gasteiger partial charge >= 0.3 is 6.36 Å². The molecule has 6 nitrogen and oxygen atoms in total. The van der Waals surface area contributed by atoms with Crippen LogP contribution < -0.4 is 14.2 Å². The lowest BCUT2D eigenvalue weighted by Crippen LogP contribution is -2.41. The van der Waals surface area contributed by atoms with Crippen LogP contribution in [-0.4, -0.2) is 48.8 Å². The molecule has 0 saturated carbocycles. The highest BCUT2D eigenvalue weighted by atomic mass is 19.4. The van der Waals surface area contributed by atoms with E-state index >= 15 is 0 Å². The SMILES string of the molecule is CC(=O)CCCOc1ccc(C(=O)N2CCC(Oc3cccc(OC(F)(F)F)c3)CC2)cc1. The molecule has 9 heteroatoms. The number of Topliss-reactive ketones (excluding diaryl/α,β-unsaturated/α-hetero) is 1. The van der Waals surface area contributed by atoms with Gasteiger partial charge in [-0.05, 0) is 49.7 Å². The number of carbonyl (C=O) groups excluding carboxylic acids is 2. The fourth-order valence-corrected chi connectivity index (χ4v) is 3.50. The van der Waals surface area contributed by atoms with Crippen LogP contribution in [0.4, 0.5) is 13.2 Å². The van der Waals surface area contributed by atoms with Crippen LogP contribution >= 0.6 is 0 Å². The number of amides is 1. The van der Waals surface area contributed by atoms with Crippen molar-refractivity contribution in [3.05, 3.63) is 54.1 Å². The van der Waals surface area contributed by atoms with Gasteiger partial charge in [0.1, 0.15) is 29.1 Å². The quantitative estimate of drug-likeness (QED) is 0.487. The average Bonchev–Trinajstić information content (AvgIpc) is 2.76. The Hall–Kier alpha value is -3.23. The van der Waals surface area contributed by atoms with E-state index in [0.717, 1.165) is 0 Å². The number of benzene rings is 2. The maximum Gasteiger partial charge on any atom is 0.573 e. The lowest BCUT2D eigenvalue weighted by atomic mass is 10.1. The lowest BCUT2D eigenvalue weighted by molar-refractivity contribution is -0.274. The van der Waals surface area contributed by atoms with Crippen LogP contribution in [-0.2, 0) is 4.79 Å². The third-order valence-electron chi connectivity index (χ3n) is 5.11. The van der Waals surface area contributed by atoms with Crippen molar-refractivity contribution in [1.29, 1.82) is 0 Å². The van der Waals surface area contributed by atoms with Crippen LogP contribution in [0.5, 0.6) is 17.2 Å². The molecule has 1 heterocycles. The number of ketones is 1. The van der Waals surface area contributed by atoms with Crippen LogP contribution in [0.25, 0.3) is 0 Å². The Labute approximate surface area is 190 Å². The zero-order valence-corrected chi connectivity index (χ0v) is 18.3. The second-order valence-electron chi connectivity index (χ2n) is 7.81. The summed E-state index contributed by atoms with van der Waals surface area (Å²) >= 11 is 0. The van der Waals surface area contributed by atoms with Gasteiger partial charge in [-0.25, -0.2) is 0 Å². The van der Waals surface area contributed by atoms with Gasteiger partial charge in [-0.1, -0.05) is 6.07 Å². The van der Waals surface area contributed by atoms with Crippen molar-refractivity contribution in [3.63, 3.8) is 0 Å². The first-order valence-electron chi connectivity index (χ1n) is 10.7. The van der Waals surface area contributed by atoms with Gasteiger partial charge < -0.3 is 23.9 Å². The average molecular weight is 465 g/mol. The number of halogens is 3. The molecular formula is C24H26F3NO5. The normalized spacial score (nSPS) is 14.6. The minimum absolute atomic E-state index is 0.0999. The molecule has 0 radical (unpaired) electrons. The van der Waals surface area contributed by atoms with E-state index in [1.165, 1.54) is 18.2 Å². The Morgan fingerprint density at radius 1 is 1.00 bits per heavy atom. The van der Waals surface area contributed by atoms with Gasteiger partial charge in [0.25, 0.3) is 5.91 Å². The number of hydrogen-bond donors (Lipinski definition) is 0. The number of likely N-dealkylation sites (tertiary alicyclic amines) is 1. The minimum atomic E-state index is -4.76. The highest BCUT2D eigenvalue weighted by Crippen LogP contribution is 2.28. The van der Waals surface area contributed by atoms with E-state index in [1.807, 2.05) is 0 Å². The van der Waals surface area contributed by atoms with E-state index in [2.05, 4.69) is 4.74 Å². The van der Waals surface area contributed by atoms with E-state index in [1.54, 1.807) is 42.2 Å². The predicted octanol–water partition coefficient (Wildman–Crippen LogP) is 5.02. The second kappa shape index (κ2) is 11.1. The molecule has 0 bridgehead atoms. The molecule has 1 aliphatic rings. The maximum atomic E-state index is 12.8. The first kappa shape index (κ1) is 24.4. The van der Waals surface area contributed by atoms with Crippen molar-refractivity contribution in [3.8, 4) is 17.2 Å². The molecule has 0 aromatic heterocycles. The van der Waals surface area contributed by atoms with E-state index in [9.17, 15) is 22.8 Å². The number of ether oxygens (including phenoxy) is 3. The van der Waals surface area contributed by atoms with Crippen LogP contribution in [0.2, 0.25) is 0 Å². The van der Waals surface area contributed by atoms with Crippen molar-refractivity contribution in [2.45, 2.75) is 45.1 Å². The minimum Gasteiger partial charge on any atom is -0.494 e. The summed E-state index contributed by atoms with van der Waals surface area (Å²) in [5.74, 6) is 0.619. The topological polar surface area (TPSA) is 65.1 Å². The maximum absolute atomic E-state index is 12.8. The number of hydrogen-bond acceptors (Lipinski definition) is 5. The predicted molar refractivity (Wildman–Crippen MR) is 115 cm³/mol. The van der Waals surface area contributed by atoms with E-state index in [4.69, 9.17) is 9.47 Å². The fraction of sp³-hybridized carbons (Fsp3) is 0.417. The fourth-order valence-electron chi connectivity index (χ4n) is 3.50. The molecule has 33 heavy (non-hydrogen) atoms. The molecule has 0 spiro atoms. The summed E-state index contributed by atoms with van der Waals surface area (Å²) in [6.07, 6.45) is -2.72. The molecule has 3 rings (SSSR count). The van der Waals surface area contributed by atoms with Gasteiger partial charge in [0.05, 0.1) is 6.61 Å². The molecule has 0 unspecified atom stereocenters.